The van der Waals surface area contributed by atoms with Gasteiger partial charge in [0.2, 0.25) is 5.91 Å². The fraction of sp³-hybridized carbons (Fsp3) is 0.385. The van der Waals surface area contributed by atoms with Crippen molar-refractivity contribution in [3.05, 3.63) is 24.3 Å². The molecule has 0 unspecified atom stereocenters. The molecule has 5 nitrogen and oxygen atoms in total. The number of rotatable bonds is 4. The molecule has 0 radical (unpaired) electrons. The number of methoxy groups -OCH3 is 1. The average Bonchev–Trinajstić information content (AvgIpc) is 2.75. The zero-order chi connectivity index (χ0) is 13.2. The number of hydrogen-bond acceptors (Lipinski definition) is 5. The van der Waals surface area contributed by atoms with Crippen LogP contribution in [0.25, 0.3) is 10.2 Å². The normalized spacial score (nSPS) is 15.5. The van der Waals surface area contributed by atoms with Crippen molar-refractivity contribution in [3.8, 4) is 5.19 Å². The van der Waals surface area contributed by atoms with Crippen molar-refractivity contribution in [2.45, 2.75) is 6.10 Å². The number of para-hydroxylation sites is 1. The van der Waals surface area contributed by atoms with Gasteiger partial charge in [-0.05, 0) is 12.1 Å². The second-order valence-corrected chi connectivity index (χ2v) is 5.41. The Hall–Kier alpha value is -1.66. The largest absolute Gasteiger partial charge is 0.463 e. The number of carbonyl (C=O) groups excluding carboxylic acids is 1. The number of ether oxygens (including phenoxy) is 2. The first kappa shape index (κ1) is 12.4. The van der Waals surface area contributed by atoms with E-state index in [4.69, 9.17) is 9.47 Å². The lowest BCUT2D eigenvalue weighted by atomic mass is 10.2. The van der Waals surface area contributed by atoms with E-state index in [-0.39, 0.29) is 18.6 Å². The molecule has 3 rings (SSSR count). The highest BCUT2D eigenvalue weighted by molar-refractivity contribution is 7.20. The number of aromatic nitrogens is 1. The summed E-state index contributed by atoms with van der Waals surface area (Å²) in [6, 6.07) is 7.93. The summed E-state index contributed by atoms with van der Waals surface area (Å²) in [5, 5.41) is 0.671. The van der Waals surface area contributed by atoms with Gasteiger partial charge in [-0.15, -0.1) is 0 Å². The number of nitrogens with zero attached hydrogens (tertiary/aromatic N) is 2. The van der Waals surface area contributed by atoms with Crippen LogP contribution in [0.1, 0.15) is 0 Å². The Bertz CT molecular complexity index is 559. The molecular formula is C13H14N2O3S. The summed E-state index contributed by atoms with van der Waals surface area (Å²) in [6.45, 7) is 1.35. The highest BCUT2D eigenvalue weighted by Crippen LogP contribution is 2.29. The number of thiazole rings is 1. The number of benzene rings is 1. The molecule has 1 amide bonds. The first-order valence-corrected chi connectivity index (χ1v) is 6.87. The third-order valence-electron chi connectivity index (χ3n) is 3.01. The standard InChI is InChI=1S/C13H14N2O3S/c1-17-8-12(16)15-6-9(7-15)18-13-14-10-4-2-3-5-11(10)19-13/h2-5,9H,6-8H2,1H3. The Morgan fingerprint density at radius 2 is 2.26 bits per heavy atom. The minimum atomic E-state index is 0.00616. The van der Waals surface area contributed by atoms with Gasteiger partial charge in [0.1, 0.15) is 12.7 Å². The number of hydrogen-bond donors (Lipinski definition) is 0. The summed E-state index contributed by atoms with van der Waals surface area (Å²) in [5.74, 6) is 0.00616. The molecule has 1 saturated heterocycles. The van der Waals surface area contributed by atoms with Crippen molar-refractivity contribution < 1.29 is 14.3 Å². The molecule has 1 fully saturated rings. The average molecular weight is 278 g/mol. The van der Waals surface area contributed by atoms with Gasteiger partial charge < -0.3 is 14.4 Å². The predicted molar refractivity (Wildman–Crippen MR) is 72.5 cm³/mol. The number of amides is 1. The molecule has 0 spiro atoms. The van der Waals surface area contributed by atoms with E-state index in [2.05, 4.69) is 4.98 Å². The van der Waals surface area contributed by atoms with Gasteiger partial charge in [0.25, 0.3) is 5.19 Å². The Balaban J connectivity index is 1.57. The summed E-state index contributed by atoms with van der Waals surface area (Å²) in [6.07, 6.45) is 0.0429. The molecule has 2 heterocycles. The number of likely N-dealkylation sites (tertiary alicyclic amines) is 1. The molecule has 0 aliphatic carbocycles. The Morgan fingerprint density at radius 3 is 3.00 bits per heavy atom. The molecule has 0 bridgehead atoms. The maximum Gasteiger partial charge on any atom is 0.274 e. The number of carbonyl (C=O) groups is 1. The van der Waals surface area contributed by atoms with Crippen LogP contribution in [-0.2, 0) is 9.53 Å². The van der Waals surface area contributed by atoms with Gasteiger partial charge in [-0.3, -0.25) is 4.79 Å². The van der Waals surface area contributed by atoms with Crippen molar-refractivity contribution in [1.29, 1.82) is 0 Å². The van der Waals surface area contributed by atoms with Crippen LogP contribution in [0.4, 0.5) is 0 Å². The fourth-order valence-corrected chi connectivity index (χ4v) is 2.86. The summed E-state index contributed by atoms with van der Waals surface area (Å²) < 4.78 is 11.7. The summed E-state index contributed by atoms with van der Waals surface area (Å²) in [4.78, 5) is 17.6. The first-order chi connectivity index (χ1) is 9.26. The fourth-order valence-electron chi connectivity index (χ4n) is 1.98. The first-order valence-electron chi connectivity index (χ1n) is 6.05. The van der Waals surface area contributed by atoms with E-state index in [1.54, 1.807) is 4.90 Å². The summed E-state index contributed by atoms with van der Waals surface area (Å²) in [7, 11) is 1.52. The van der Waals surface area contributed by atoms with E-state index in [1.165, 1.54) is 18.4 Å². The summed E-state index contributed by atoms with van der Waals surface area (Å²) >= 11 is 1.53. The minimum absolute atomic E-state index is 0.00616. The van der Waals surface area contributed by atoms with E-state index in [0.29, 0.717) is 18.3 Å². The summed E-state index contributed by atoms with van der Waals surface area (Å²) in [5.41, 5.74) is 0.953. The monoisotopic (exact) mass is 278 g/mol. The van der Waals surface area contributed by atoms with Crippen LogP contribution >= 0.6 is 11.3 Å². The SMILES string of the molecule is COCC(=O)N1CC(Oc2nc3ccccc3s2)C1. The van der Waals surface area contributed by atoms with E-state index in [1.807, 2.05) is 24.3 Å². The zero-order valence-corrected chi connectivity index (χ0v) is 11.4. The van der Waals surface area contributed by atoms with Crippen molar-refractivity contribution in [2.24, 2.45) is 0 Å². The topological polar surface area (TPSA) is 51.7 Å². The molecule has 0 N–H and O–H groups in total. The van der Waals surface area contributed by atoms with Crippen molar-refractivity contribution in [1.82, 2.24) is 9.88 Å². The van der Waals surface area contributed by atoms with Crippen LogP contribution in [0, 0.1) is 0 Å². The van der Waals surface area contributed by atoms with Crippen LogP contribution in [0.15, 0.2) is 24.3 Å². The molecule has 19 heavy (non-hydrogen) atoms. The highest BCUT2D eigenvalue weighted by atomic mass is 32.1. The highest BCUT2D eigenvalue weighted by Gasteiger charge is 2.32. The molecule has 1 aromatic carbocycles. The van der Waals surface area contributed by atoms with Crippen molar-refractivity contribution in [3.63, 3.8) is 0 Å². The van der Waals surface area contributed by atoms with E-state index < -0.39 is 0 Å². The van der Waals surface area contributed by atoms with Gasteiger partial charge >= 0.3 is 0 Å². The number of fused-ring (bicyclic) bond motifs is 1. The van der Waals surface area contributed by atoms with Gasteiger partial charge in [0.15, 0.2) is 0 Å². The zero-order valence-electron chi connectivity index (χ0n) is 10.5. The molecule has 1 aliphatic heterocycles. The Morgan fingerprint density at radius 1 is 1.47 bits per heavy atom. The molecule has 6 heteroatoms. The van der Waals surface area contributed by atoms with E-state index in [0.717, 1.165) is 10.2 Å². The lowest BCUT2D eigenvalue weighted by Gasteiger charge is -2.38. The maximum atomic E-state index is 11.5. The van der Waals surface area contributed by atoms with Crippen molar-refractivity contribution >= 4 is 27.5 Å². The smallest absolute Gasteiger partial charge is 0.274 e. The predicted octanol–water partition coefficient (Wildman–Crippen LogP) is 1.53. The molecular weight excluding hydrogens is 264 g/mol. The van der Waals surface area contributed by atoms with Crippen LogP contribution in [0.3, 0.4) is 0 Å². The van der Waals surface area contributed by atoms with Crippen LogP contribution < -0.4 is 4.74 Å². The second kappa shape index (κ2) is 5.14. The van der Waals surface area contributed by atoms with Crippen LogP contribution in [0.5, 0.6) is 5.19 Å². The van der Waals surface area contributed by atoms with Gasteiger partial charge in [-0.1, -0.05) is 23.5 Å². The third-order valence-corrected chi connectivity index (χ3v) is 3.94. The van der Waals surface area contributed by atoms with Crippen LogP contribution in [-0.4, -0.2) is 48.7 Å². The molecule has 2 aromatic rings. The van der Waals surface area contributed by atoms with E-state index in [9.17, 15) is 4.79 Å². The van der Waals surface area contributed by atoms with Crippen LogP contribution in [0.2, 0.25) is 0 Å². The van der Waals surface area contributed by atoms with Crippen molar-refractivity contribution in [2.75, 3.05) is 26.8 Å². The van der Waals surface area contributed by atoms with E-state index >= 15 is 0 Å². The molecule has 0 saturated carbocycles. The third kappa shape index (κ3) is 2.54. The molecule has 0 atom stereocenters. The van der Waals surface area contributed by atoms with Gasteiger partial charge in [0.05, 0.1) is 23.3 Å². The van der Waals surface area contributed by atoms with Gasteiger partial charge in [-0.25, -0.2) is 4.98 Å². The Kier molecular flexibility index (Phi) is 3.35. The van der Waals surface area contributed by atoms with Gasteiger partial charge in [0, 0.05) is 7.11 Å². The molecule has 1 aliphatic rings. The lowest BCUT2D eigenvalue weighted by molar-refractivity contribution is -0.143. The quantitative estimate of drug-likeness (QED) is 0.851. The maximum absolute atomic E-state index is 11.5. The Labute approximate surface area is 114 Å². The lowest BCUT2D eigenvalue weighted by Crippen LogP contribution is -2.57. The van der Waals surface area contributed by atoms with Gasteiger partial charge in [-0.2, -0.15) is 0 Å². The second-order valence-electron chi connectivity index (χ2n) is 4.42. The minimum Gasteiger partial charge on any atom is -0.463 e. The molecule has 100 valence electrons. The molecule has 1 aromatic heterocycles.